The molecule has 0 unspecified atom stereocenters. The highest BCUT2D eigenvalue weighted by Gasteiger charge is 1.99. The van der Waals surface area contributed by atoms with Crippen LogP contribution in [-0.4, -0.2) is 23.9 Å². The van der Waals surface area contributed by atoms with E-state index in [0.29, 0.717) is 6.61 Å². The van der Waals surface area contributed by atoms with Crippen LogP contribution in [-0.2, 0) is 4.74 Å². The van der Waals surface area contributed by atoms with Crippen molar-refractivity contribution in [1.82, 2.24) is 10.2 Å². The lowest BCUT2D eigenvalue weighted by molar-refractivity contribution is 0.272. The van der Waals surface area contributed by atoms with Crippen LogP contribution in [0.15, 0.2) is 12.3 Å². The Kier molecular flexibility index (Phi) is 3.91. The summed E-state index contributed by atoms with van der Waals surface area (Å²) in [5, 5.41) is 11.1. The molecular weight excluding hydrogens is 178 g/mol. The molecule has 1 rings (SSSR count). The molecule has 1 aromatic rings. The van der Waals surface area contributed by atoms with Crippen molar-refractivity contribution < 1.29 is 4.74 Å². The van der Waals surface area contributed by atoms with Gasteiger partial charge in [0.2, 0.25) is 0 Å². The maximum atomic E-state index is 5.09. The second-order valence-electron chi connectivity index (χ2n) is 2.79. The van der Waals surface area contributed by atoms with Gasteiger partial charge >= 0.3 is 0 Å². The number of anilines is 1. The van der Waals surface area contributed by atoms with E-state index in [2.05, 4.69) is 15.5 Å². The van der Waals surface area contributed by atoms with Crippen LogP contribution in [0, 0.1) is 6.92 Å². The van der Waals surface area contributed by atoms with Crippen LogP contribution in [0.2, 0.25) is 0 Å². The third-order valence-electron chi connectivity index (χ3n) is 1.70. The molecule has 0 saturated carbocycles. The molecular formula is C10H15N3O. The van der Waals surface area contributed by atoms with Gasteiger partial charge in [0.15, 0.2) is 0 Å². The molecule has 0 spiro atoms. The van der Waals surface area contributed by atoms with E-state index in [-0.39, 0.29) is 0 Å². The summed E-state index contributed by atoms with van der Waals surface area (Å²) in [5.74, 6) is 0. The van der Waals surface area contributed by atoms with Crippen LogP contribution < -0.4 is 5.32 Å². The molecule has 0 aliphatic carbocycles. The fourth-order valence-corrected chi connectivity index (χ4v) is 1.03. The molecule has 0 bridgehead atoms. The van der Waals surface area contributed by atoms with Crippen molar-refractivity contribution in [1.29, 1.82) is 0 Å². The summed E-state index contributed by atoms with van der Waals surface area (Å²) < 4.78 is 5.09. The van der Waals surface area contributed by atoms with Crippen LogP contribution in [0.25, 0.3) is 6.08 Å². The standard InChI is InChI=1S/C10H15N3O/c1-4-14-6-5-9-10(11-3)7-8(2)12-13-9/h5-7H,4H2,1-3H3,(H,11,12)/b6-5+. The smallest absolute Gasteiger partial charge is 0.112 e. The summed E-state index contributed by atoms with van der Waals surface area (Å²) >= 11 is 0. The number of aryl methyl sites for hydroxylation is 1. The van der Waals surface area contributed by atoms with Crippen LogP contribution in [0.4, 0.5) is 5.69 Å². The number of ether oxygens (including phenoxy) is 1. The number of hydrogen-bond donors (Lipinski definition) is 1. The lowest BCUT2D eigenvalue weighted by Crippen LogP contribution is -1.98. The van der Waals surface area contributed by atoms with Gasteiger partial charge in [-0.05, 0) is 19.9 Å². The van der Waals surface area contributed by atoms with Gasteiger partial charge in [0, 0.05) is 13.1 Å². The Morgan fingerprint density at radius 3 is 2.93 bits per heavy atom. The average molecular weight is 193 g/mol. The van der Waals surface area contributed by atoms with E-state index in [1.54, 1.807) is 12.3 Å². The summed E-state index contributed by atoms with van der Waals surface area (Å²) in [7, 11) is 1.86. The van der Waals surface area contributed by atoms with E-state index < -0.39 is 0 Å². The molecule has 0 amide bonds. The van der Waals surface area contributed by atoms with Crippen molar-refractivity contribution in [2.24, 2.45) is 0 Å². The number of hydrogen-bond acceptors (Lipinski definition) is 4. The highest BCUT2D eigenvalue weighted by atomic mass is 16.5. The Morgan fingerprint density at radius 1 is 1.50 bits per heavy atom. The first-order valence-corrected chi connectivity index (χ1v) is 4.58. The molecule has 0 aromatic carbocycles. The SMILES string of the molecule is CCO/C=C/c1nnc(C)cc1NC. The topological polar surface area (TPSA) is 47.0 Å². The van der Waals surface area contributed by atoms with Crippen molar-refractivity contribution >= 4 is 11.8 Å². The largest absolute Gasteiger partial charge is 0.501 e. The Labute approximate surface area is 84.0 Å². The predicted octanol–water partition coefficient (Wildman–Crippen LogP) is 1.83. The van der Waals surface area contributed by atoms with Gasteiger partial charge in [-0.25, -0.2) is 0 Å². The summed E-state index contributed by atoms with van der Waals surface area (Å²) in [6.45, 7) is 4.50. The maximum Gasteiger partial charge on any atom is 0.112 e. The summed E-state index contributed by atoms with van der Waals surface area (Å²) in [4.78, 5) is 0. The monoisotopic (exact) mass is 193 g/mol. The lowest BCUT2D eigenvalue weighted by Gasteiger charge is -2.03. The number of rotatable bonds is 4. The van der Waals surface area contributed by atoms with E-state index in [1.165, 1.54) is 0 Å². The van der Waals surface area contributed by atoms with Gasteiger partial charge in [-0.1, -0.05) is 0 Å². The zero-order valence-electron chi connectivity index (χ0n) is 8.74. The first kappa shape index (κ1) is 10.5. The highest BCUT2D eigenvalue weighted by molar-refractivity contribution is 5.62. The summed E-state index contributed by atoms with van der Waals surface area (Å²) in [5.41, 5.74) is 2.63. The van der Waals surface area contributed by atoms with Gasteiger partial charge in [0.05, 0.1) is 24.3 Å². The number of nitrogens with one attached hydrogen (secondary N) is 1. The van der Waals surface area contributed by atoms with Crippen molar-refractivity contribution in [2.75, 3.05) is 19.0 Å². The Morgan fingerprint density at radius 2 is 2.29 bits per heavy atom. The fourth-order valence-electron chi connectivity index (χ4n) is 1.03. The normalized spacial score (nSPS) is 10.5. The van der Waals surface area contributed by atoms with Gasteiger partial charge in [-0.15, -0.1) is 5.10 Å². The molecule has 14 heavy (non-hydrogen) atoms. The third kappa shape index (κ3) is 2.73. The van der Waals surface area contributed by atoms with E-state index >= 15 is 0 Å². The predicted molar refractivity (Wildman–Crippen MR) is 57.0 cm³/mol. The zero-order valence-corrected chi connectivity index (χ0v) is 8.74. The quantitative estimate of drug-likeness (QED) is 0.741. The molecule has 0 saturated heterocycles. The Hall–Kier alpha value is -1.58. The van der Waals surface area contributed by atoms with Gasteiger partial charge in [0.1, 0.15) is 5.69 Å². The second kappa shape index (κ2) is 5.21. The number of nitrogens with zero attached hydrogens (tertiary/aromatic N) is 2. The van der Waals surface area contributed by atoms with E-state index in [0.717, 1.165) is 17.1 Å². The first-order chi connectivity index (χ1) is 6.77. The average Bonchev–Trinajstić information content (AvgIpc) is 2.20. The molecule has 0 aliphatic rings. The molecule has 1 heterocycles. The molecule has 4 heteroatoms. The molecule has 76 valence electrons. The Balaban J connectivity index is 2.85. The molecule has 0 aliphatic heterocycles. The van der Waals surface area contributed by atoms with Crippen LogP contribution >= 0.6 is 0 Å². The minimum atomic E-state index is 0.657. The molecule has 0 radical (unpaired) electrons. The number of aromatic nitrogens is 2. The van der Waals surface area contributed by atoms with Crippen LogP contribution in [0.5, 0.6) is 0 Å². The van der Waals surface area contributed by atoms with Gasteiger partial charge in [0.25, 0.3) is 0 Å². The van der Waals surface area contributed by atoms with Crippen molar-refractivity contribution in [3.05, 3.63) is 23.7 Å². The van der Waals surface area contributed by atoms with Gasteiger partial charge in [-0.3, -0.25) is 0 Å². The minimum Gasteiger partial charge on any atom is -0.501 e. The first-order valence-electron chi connectivity index (χ1n) is 4.58. The molecule has 1 N–H and O–H groups in total. The van der Waals surface area contributed by atoms with Crippen molar-refractivity contribution in [3.8, 4) is 0 Å². The third-order valence-corrected chi connectivity index (χ3v) is 1.70. The van der Waals surface area contributed by atoms with Gasteiger partial charge < -0.3 is 10.1 Å². The van der Waals surface area contributed by atoms with Crippen molar-refractivity contribution in [3.63, 3.8) is 0 Å². The summed E-state index contributed by atoms with van der Waals surface area (Å²) in [6.07, 6.45) is 3.42. The second-order valence-corrected chi connectivity index (χ2v) is 2.79. The molecule has 0 atom stereocenters. The zero-order chi connectivity index (χ0) is 10.4. The highest BCUT2D eigenvalue weighted by Crippen LogP contribution is 2.13. The van der Waals surface area contributed by atoms with Gasteiger partial charge in [-0.2, -0.15) is 5.10 Å². The molecule has 4 nitrogen and oxygen atoms in total. The lowest BCUT2D eigenvalue weighted by atomic mass is 10.3. The van der Waals surface area contributed by atoms with Crippen molar-refractivity contribution in [2.45, 2.75) is 13.8 Å². The van der Waals surface area contributed by atoms with E-state index in [4.69, 9.17) is 4.74 Å². The summed E-state index contributed by atoms with van der Waals surface area (Å²) in [6, 6.07) is 1.94. The minimum absolute atomic E-state index is 0.657. The van der Waals surface area contributed by atoms with E-state index in [9.17, 15) is 0 Å². The maximum absolute atomic E-state index is 5.09. The Bertz CT molecular complexity index is 323. The van der Waals surface area contributed by atoms with Crippen LogP contribution in [0.3, 0.4) is 0 Å². The molecule has 0 fully saturated rings. The fraction of sp³-hybridized carbons (Fsp3) is 0.400. The van der Waals surface area contributed by atoms with Crippen LogP contribution in [0.1, 0.15) is 18.3 Å². The molecule has 1 aromatic heterocycles. The van der Waals surface area contributed by atoms with E-state index in [1.807, 2.05) is 27.0 Å².